The normalized spacial score (nSPS) is 10.1. The van der Waals surface area contributed by atoms with Crippen molar-refractivity contribution in [1.29, 1.82) is 5.26 Å². The number of hydrogen-bond donors (Lipinski definition) is 2. The van der Waals surface area contributed by atoms with Crippen molar-refractivity contribution in [3.63, 3.8) is 0 Å². The lowest BCUT2D eigenvalue weighted by atomic mass is 10.2. The minimum Gasteiger partial charge on any atom is -0.321 e. The average Bonchev–Trinajstić information content (AvgIpc) is 3.13. The van der Waals surface area contributed by atoms with Gasteiger partial charge >= 0.3 is 0 Å². The van der Waals surface area contributed by atoms with Crippen LogP contribution in [0.3, 0.4) is 0 Å². The molecule has 0 radical (unpaired) electrons. The molecule has 1 aromatic heterocycles. The number of carbonyl (C=O) groups excluding carboxylic acids is 2. The van der Waals surface area contributed by atoms with Gasteiger partial charge in [0.25, 0.3) is 5.91 Å². The van der Waals surface area contributed by atoms with Crippen LogP contribution in [0.4, 0.5) is 11.5 Å². The van der Waals surface area contributed by atoms with Crippen molar-refractivity contribution in [2.24, 2.45) is 0 Å². The summed E-state index contributed by atoms with van der Waals surface area (Å²) in [6.45, 7) is 1.75. The summed E-state index contributed by atoms with van der Waals surface area (Å²) in [5.41, 5.74) is 1.94. The van der Waals surface area contributed by atoms with Crippen LogP contribution in [-0.2, 0) is 4.79 Å². The number of hydrogen-bond acceptors (Lipinski definition) is 4. The van der Waals surface area contributed by atoms with Gasteiger partial charge in [-0.05, 0) is 36.4 Å². The van der Waals surface area contributed by atoms with Crippen molar-refractivity contribution in [1.82, 2.24) is 9.78 Å². The van der Waals surface area contributed by atoms with E-state index in [4.69, 9.17) is 5.26 Å². The Bertz CT molecular complexity index is 1000. The number of nitrogens with zero attached hydrogens (tertiary/aromatic N) is 3. The van der Waals surface area contributed by atoms with Crippen molar-refractivity contribution in [2.45, 2.75) is 13.3 Å². The molecule has 0 aliphatic rings. The molecule has 2 amide bonds. The summed E-state index contributed by atoms with van der Waals surface area (Å²) in [4.78, 5) is 24.4. The number of amides is 2. The van der Waals surface area contributed by atoms with Gasteiger partial charge in [-0.1, -0.05) is 25.1 Å². The molecule has 1 heterocycles. The minimum atomic E-state index is -0.415. The third-order valence-corrected chi connectivity index (χ3v) is 3.80. The molecule has 0 saturated heterocycles. The van der Waals surface area contributed by atoms with E-state index in [0.29, 0.717) is 23.5 Å². The topological polar surface area (TPSA) is 99.8 Å². The maximum atomic E-state index is 12.6. The maximum Gasteiger partial charge on any atom is 0.276 e. The third kappa shape index (κ3) is 4.19. The van der Waals surface area contributed by atoms with Crippen LogP contribution in [0.5, 0.6) is 0 Å². The molecule has 0 saturated carbocycles. The van der Waals surface area contributed by atoms with Gasteiger partial charge in [0, 0.05) is 18.2 Å². The van der Waals surface area contributed by atoms with Gasteiger partial charge in [-0.15, -0.1) is 0 Å². The quantitative estimate of drug-likeness (QED) is 0.729. The van der Waals surface area contributed by atoms with Crippen LogP contribution in [0.1, 0.15) is 29.4 Å². The molecule has 2 aromatic carbocycles. The summed E-state index contributed by atoms with van der Waals surface area (Å²) in [6.07, 6.45) is 0.312. The predicted octanol–water partition coefficient (Wildman–Crippen LogP) is 3.34. The van der Waals surface area contributed by atoms with E-state index in [1.54, 1.807) is 31.2 Å². The molecule has 7 nitrogen and oxygen atoms in total. The van der Waals surface area contributed by atoms with Crippen LogP contribution in [-0.4, -0.2) is 21.6 Å². The van der Waals surface area contributed by atoms with Gasteiger partial charge in [-0.25, -0.2) is 4.68 Å². The van der Waals surface area contributed by atoms with E-state index >= 15 is 0 Å². The first-order chi connectivity index (χ1) is 13.1. The number of para-hydroxylation sites is 1. The van der Waals surface area contributed by atoms with E-state index in [-0.39, 0.29) is 11.6 Å². The van der Waals surface area contributed by atoms with Crippen molar-refractivity contribution in [3.05, 3.63) is 71.9 Å². The molecular weight excluding hydrogens is 342 g/mol. The highest BCUT2D eigenvalue weighted by Gasteiger charge is 2.17. The maximum absolute atomic E-state index is 12.6. The van der Waals surface area contributed by atoms with E-state index < -0.39 is 5.91 Å². The van der Waals surface area contributed by atoms with Gasteiger partial charge in [0.2, 0.25) is 5.91 Å². The number of aromatic nitrogens is 2. The molecule has 0 atom stereocenters. The molecule has 0 bridgehead atoms. The highest BCUT2D eigenvalue weighted by molar-refractivity contribution is 6.04. The first-order valence-electron chi connectivity index (χ1n) is 8.37. The molecule has 134 valence electrons. The second-order valence-corrected chi connectivity index (χ2v) is 5.71. The Morgan fingerprint density at radius 1 is 1.07 bits per heavy atom. The zero-order chi connectivity index (χ0) is 19.2. The Hall–Kier alpha value is -3.92. The van der Waals surface area contributed by atoms with Crippen LogP contribution in [0.2, 0.25) is 0 Å². The van der Waals surface area contributed by atoms with Crippen LogP contribution >= 0.6 is 0 Å². The van der Waals surface area contributed by atoms with Crippen LogP contribution < -0.4 is 10.6 Å². The first-order valence-corrected chi connectivity index (χ1v) is 8.37. The van der Waals surface area contributed by atoms with Crippen LogP contribution in [0, 0.1) is 11.3 Å². The molecule has 7 heteroatoms. The lowest BCUT2D eigenvalue weighted by molar-refractivity contribution is -0.115. The van der Waals surface area contributed by atoms with Gasteiger partial charge in [0.1, 0.15) is 5.82 Å². The predicted molar refractivity (Wildman–Crippen MR) is 102 cm³/mol. The molecule has 0 fully saturated rings. The fourth-order valence-electron chi connectivity index (χ4n) is 2.40. The largest absolute Gasteiger partial charge is 0.321 e. The van der Waals surface area contributed by atoms with Crippen molar-refractivity contribution in [3.8, 4) is 11.8 Å². The fraction of sp³-hybridized carbons (Fsp3) is 0.100. The van der Waals surface area contributed by atoms with E-state index in [1.807, 2.05) is 36.4 Å². The Morgan fingerprint density at radius 2 is 1.78 bits per heavy atom. The zero-order valence-corrected chi connectivity index (χ0v) is 14.6. The van der Waals surface area contributed by atoms with E-state index in [0.717, 1.165) is 5.69 Å². The molecule has 0 aliphatic carbocycles. The van der Waals surface area contributed by atoms with E-state index in [2.05, 4.69) is 15.7 Å². The Balaban J connectivity index is 1.89. The number of nitrogens with one attached hydrogen (secondary N) is 2. The van der Waals surface area contributed by atoms with Gasteiger partial charge in [-0.2, -0.15) is 10.4 Å². The highest BCUT2D eigenvalue weighted by Crippen LogP contribution is 2.19. The average molecular weight is 359 g/mol. The lowest BCUT2D eigenvalue weighted by Crippen LogP contribution is -2.14. The zero-order valence-electron chi connectivity index (χ0n) is 14.6. The molecule has 27 heavy (non-hydrogen) atoms. The molecule has 0 unspecified atom stereocenters. The smallest absolute Gasteiger partial charge is 0.276 e. The SMILES string of the molecule is CCC(=O)Nc1cc(C(=O)Nc2ccc(C#N)cc2)nn1-c1ccccc1. The number of rotatable bonds is 5. The standard InChI is InChI=1S/C20H17N5O2/c1-2-19(26)23-18-12-17(24-25(18)16-6-4-3-5-7-16)20(27)22-15-10-8-14(13-21)9-11-15/h3-12H,2H2,1H3,(H,22,27)(H,23,26). The fourth-order valence-corrected chi connectivity index (χ4v) is 2.40. The van der Waals surface area contributed by atoms with Gasteiger partial charge in [0.15, 0.2) is 5.69 Å². The van der Waals surface area contributed by atoms with Crippen molar-refractivity contribution in [2.75, 3.05) is 10.6 Å². The number of anilines is 2. The first kappa shape index (κ1) is 17.9. The van der Waals surface area contributed by atoms with E-state index in [1.165, 1.54) is 10.7 Å². The summed E-state index contributed by atoms with van der Waals surface area (Å²) in [6, 6.07) is 19.3. The van der Waals surface area contributed by atoms with Crippen molar-refractivity contribution >= 4 is 23.3 Å². The second kappa shape index (κ2) is 7.97. The van der Waals surface area contributed by atoms with E-state index in [9.17, 15) is 9.59 Å². The van der Waals surface area contributed by atoms with Crippen molar-refractivity contribution < 1.29 is 9.59 Å². The summed E-state index contributed by atoms with van der Waals surface area (Å²) < 4.78 is 1.52. The van der Waals surface area contributed by atoms with Gasteiger partial charge in [0.05, 0.1) is 17.3 Å². The van der Waals surface area contributed by atoms with Crippen LogP contribution in [0.15, 0.2) is 60.7 Å². The third-order valence-electron chi connectivity index (χ3n) is 3.80. The number of nitriles is 1. The number of carbonyl (C=O) groups is 2. The lowest BCUT2D eigenvalue weighted by Gasteiger charge is -2.07. The minimum absolute atomic E-state index is 0.162. The highest BCUT2D eigenvalue weighted by atomic mass is 16.2. The molecule has 2 N–H and O–H groups in total. The molecule has 3 rings (SSSR count). The second-order valence-electron chi connectivity index (χ2n) is 5.71. The molecule has 0 aliphatic heterocycles. The summed E-state index contributed by atoms with van der Waals surface area (Å²) in [7, 11) is 0. The van der Waals surface area contributed by atoms with Gasteiger partial charge in [-0.3, -0.25) is 9.59 Å². The summed E-state index contributed by atoms with van der Waals surface area (Å²) in [5.74, 6) is -0.175. The Kier molecular flexibility index (Phi) is 5.28. The number of benzene rings is 2. The van der Waals surface area contributed by atoms with Gasteiger partial charge < -0.3 is 10.6 Å². The molecule has 0 spiro atoms. The summed E-state index contributed by atoms with van der Waals surface area (Å²) >= 11 is 0. The monoisotopic (exact) mass is 359 g/mol. The summed E-state index contributed by atoms with van der Waals surface area (Å²) in [5, 5.41) is 18.7. The molecule has 3 aromatic rings. The Labute approximate surface area is 156 Å². The molecular formula is C20H17N5O2. The Morgan fingerprint density at radius 3 is 2.41 bits per heavy atom. The van der Waals surface area contributed by atoms with Crippen LogP contribution in [0.25, 0.3) is 5.69 Å².